The zero-order chi connectivity index (χ0) is 14.4. The lowest BCUT2D eigenvalue weighted by Gasteiger charge is -2.07. The monoisotopic (exact) mass is 325 g/mol. The van der Waals surface area contributed by atoms with E-state index < -0.39 is 0 Å². The van der Waals surface area contributed by atoms with E-state index in [1.165, 1.54) is 10.5 Å². The molecule has 0 saturated carbocycles. The van der Waals surface area contributed by atoms with Gasteiger partial charge in [-0.3, -0.25) is 0 Å². The summed E-state index contributed by atoms with van der Waals surface area (Å²) in [5, 5.41) is 4.62. The molecule has 0 saturated heterocycles. The Bertz CT molecular complexity index is 572. The molecule has 0 aromatic heterocycles. The van der Waals surface area contributed by atoms with Crippen LogP contribution in [-0.2, 0) is 6.42 Å². The second-order valence-corrected chi connectivity index (χ2v) is 6.49. The lowest BCUT2D eigenvalue weighted by Crippen LogP contribution is -2.08. The van der Waals surface area contributed by atoms with Gasteiger partial charge in [-0.15, -0.1) is 0 Å². The van der Waals surface area contributed by atoms with E-state index in [2.05, 4.69) is 29.6 Å². The first-order chi connectivity index (χ1) is 9.69. The molecule has 0 fully saturated rings. The van der Waals surface area contributed by atoms with Crippen molar-refractivity contribution in [2.45, 2.75) is 22.6 Å². The van der Waals surface area contributed by atoms with Crippen molar-refractivity contribution >= 4 is 35.0 Å². The Hall–Kier alpha value is -0.670. The third kappa shape index (κ3) is 4.71. The van der Waals surface area contributed by atoms with Gasteiger partial charge in [-0.25, -0.2) is 0 Å². The predicted molar refractivity (Wildman–Crippen MR) is 89.3 cm³/mol. The van der Waals surface area contributed by atoms with Gasteiger partial charge in [0, 0.05) is 14.8 Å². The number of benzene rings is 2. The summed E-state index contributed by atoms with van der Waals surface area (Å²) in [6, 6.07) is 14.1. The van der Waals surface area contributed by atoms with Gasteiger partial charge in [-0.1, -0.05) is 47.1 Å². The Kier molecular flexibility index (Phi) is 6.24. The third-order valence-corrected chi connectivity index (χ3v) is 4.64. The molecule has 1 N–H and O–H groups in total. The van der Waals surface area contributed by atoms with E-state index in [1.54, 1.807) is 11.8 Å². The molecule has 2 aromatic carbocycles. The van der Waals surface area contributed by atoms with Gasteiger partial charge in [-0.2, -0.15) is 0 Å². The second kappa shape index (κ2) is 7.94. The fourth-order valence-corrected chi connectivity index (χ4v) is 3.35. The zero-order valence-electron chi connectivity index (χ0n) is 11.3. The fourth-order valence-electron chi connectivity index (χ4n) is 1.92. The number of nitrogens with one attached hydrogen (secondary N) is 1. The summed E-state index contributed by atoms with van der Waals surface area (Å²) < 4.78 is 0. The van der Waals surface area contributed by atoms with Crippen LogP contribution in [0.1, 0.15) is 12.0 Å². The van der Waals surface area contributed by atoms with E-state index in [0.29, 0.717) is 5.02 Å². The van der Waals surface area contributed by atoms with E-state index in [0.717, 1.165) is 29.3 Å². The van der Waals surface area contributed by atoms with Gasteiger partial charge in [0.25, 0.3) is 0 Å². The molecule has 0 bridgehead atoms. The van der Waals surface area contributed by atoms with Gasteiger partial charge in [0.15, 0.2) is 0 Å². The number of hydrogen-bond acceptors (Lipinski definition) is 2. The van der Waals surface area contributed by atoms with Crippen molar-refractivity contribution in [2.24, 2.45) is 0 Å². The molecule has 0 atom stereocenters. The van der Waals surface area contributed by atoms with Crippen LogP contribution in [0.15, 0.2) is 52.3 Å². The molecular formula is C16H17Cl2NS. The summed E-state index contributed by atoms with van der Waals surface area (Å²) in [7, 11) is 1.98. The summed E-state index contributed by atoms with van der Waals surface area (Å²) >= 11 is 13.9. The number of halogens is 2. The van der Waals surface area contributed by atoms with Gasteiger partial charge in [0.05, 0.1) is 5.02 Å². The van der Waals surface area contributed by atoms with Crippen molar-refractivity contribution in [3.63, 3.8) is 0 Å². The first-order valence-electron chi connectivity index (χ1n) is 6.55. The minimum Gasteiger partial charge on any atom is -0.320 e. The van der Waals surface area contributed by atoms with Crippen LogP contribution in [0, 0.1) is 0 Å². The smallest absolute Gasteiger partial charge is 0.0546 e. The second-order valence-electron chi connectivity index (χ2n) is 4.53. The van der Waals surface area contributed by atoms with Crippen LogP contribution in [0.4, 0.5) is 0 Å². The van der Waals surface area contributed by atoms with Crippen molar-refractivity contribution in [3.8, 4) is 0 Å². The molecule has 0 aliphatic carbocycles. The van der Waals surface area contributed by atoms with Crippen LogP contribution >= 0.6 is 35.0 Å². The van der Waals surface area contributed by atoms with Crippen LogP contribution in [0.3, 0.4) is 0 Å². The van der Waals surface area contributed by atoms with Crippen LogP contribution < -0.4 is 5.32 Å². The maximum Gasteiger partial charge on any atom is 0.0546 e. The molecule has 0 aliphatic heterocycles. The molecular weight excluding hydrogens is 309 g/mol. The van der Waals surface area contributed by atoms with Crippen LogP contribution in [0.25, 0.3) is 0 Å². The van der Waals surface area contributed by atoms with Gasteiger partial charge in [0.1, 0.15) is 0 Å². The largest absolute Gasteiger partial charge is 0.320 e. The van der Waals surface area contributed by atoms with E-state index in [-0.39, 0.29) is 0 Å². The molecule has 0 unspecified atom stereocenters. The lowest BCUT2D eigenvalue weighted by atomic mass is 10.1. The molecule has 0 radical (unpaired) electrons. The highest BCUT2D eigenvalue weighted by atomic mass is 35.5. The van der Waals surface area contributed by atoms with Crippen LogP contribution in [0.2, 0.25) is 10.0 Å². The average molecular weight is 326 g/mol. The maximum absolute atomic E-state index is 6.20. The number of hydrogen-bond donors (Lipinski definition) is 1. The summed E-state index contributed by atoms with van der Waals surface area (Å²) in [4.78, 5) is 2.18. The van der Waals surface area contributed by atoms with E-state index in [1.807, 2.05) is 25.2 Å². The Labute approximate surface area is 134 Å². The summed E-state index contributed by atoms with van der Waals surface area (Å²) in [6.45, 7) is 1.04. The van der Waals surface area contributed by atoms with E-state index in [9.17, 15) is 0 Å². The molecule has 2 aromatic rings. The van der Waals surface area contributed by atoms with E-state index in [4.69, 9.17) is 23.2 Å². The Morgan fingerprint density at radius 2 is 1.95 bits per heavy atom. The minimum absolute atomic E-state index is 0.710. The average Bonchev–Trinajstić information content (AvgIpc) is 2.44. The molecule has 0 heterocycles. The van der Waals surface area contributed by atoms with Crippen molar-refractivity contribution in [1.29, 1.82) is 0 Å². The highest BCUT2D eigenvalue weighted by molar-refractivity contribution is 7.99. The normalized spacial score (nSPS) is 10.8. The van der Waals surface area contributed by atoms with Gasteiger partial charge in [0.2, 0.25) is 0 Å². The molecule has 20 heavy (non-hydrogen) atoms. The highest BCUT2D eigenvalue weighted by Gasteiger charge is 2.04. The SMILES string of the molecule is CNCCCc1cccc(Sc2cc(Cl)ccc2Cl)c1. The molecule has 4 heteroatoms. The first kappa shape index (κ1) is 15.7. The summed E-state index contributed by atoms with van der Waals surface area (Å²) in [5.74, 6) is 0. The summed E-state index contributed by atoms with van der Waals surface area (Å²) in [6.07, 6.45) is 2.22. The third-order valence-electron chi connectivity index (χ3n) is 2.91. The quantitative estimate of drug-likeness (QED) is 0.723. The Morgan fingerprint density at radius 1 is 1.10 bits per heavy atom. The first-order valence-corrected chi connectivity index (χ1v) is 8.13. The zero-order valence-corrected chi connectivity index (χ0v) is 13.7. The standard InChI is InChI=1S/C16H17Cl2NS/c1-19-9-3-5-12-4-2-6-14(10-12)20-16-11-13(17)7-8-15(16)18/h2,4,6-8,10-11,19H,3,5,9H2,1H3. The van der Waals surface area contributed by atoms with Gasteiger partial charge >= 0.3 is 0 Å². The molecule has 2 rings (SSSR count). The Balaban J connectivity index is 2.09. The molecule has 0 amide bonds. The van der Waals surface area contributed by atoms with Crippen molar-refractivity contribution < 1.29 is 0 Å². The molecule has 0 spiro atoms. The maximum atomic E-state index is 6.20. The highest BCUT2D eigenvalue weighted by Crippen LogP contribution is 2.35. The number of rotatable bonds is 6. The fraction of sp³-hybridized carbons (Fsp3) is 0.250. The van der Waals surface area contributed by atoms with Crippen LogP contribution in [-0.4, -0.2) is 13.6 Å². The molecule has 1 nitrogen and oxygen atoms in total. The van der Waals surface area contributed by atoms with Gasteiger partial charge in [-0.05, 0) is 62.3 Å². The predicted octanol–water partition coefficient (Wildman–Crippen LogP) is 5.30. The molecule has 0 aliphatic rings. The Morgan fingerprint density at radius 3 is 2.75 bits per heavy atom. The van der Waals surface area contributed by atoms with E-state index >= 15 is 0 Å². The van der Waals surface area contributed by atoms with Gasteiger partial charge < -0.3 is 5.32 Å². The van der Waals surface area contributed by atoms with Crippen LogP contribution in [0.5, 0.6) is 0 Å². The topological polar surface area (TPSA) is 12.0 Å². The molecule has 106 valence electrons. The van der Waals surface area contributed by atoms with Crippen molar-refractivity contribution in [3.05, 3.63) is 58.1 Å². The lowest BCUT2D eigenvalue weighted by molar-refractivity contribution is 0.724. The van der Waals surface area contributed by atoms with Crippen molar-refractivity contribution in [1.82, 2.24) is 5.32 Å². The number of aryl methyl sites for hydroxylation is 1. The summed E-state index contributed by atoms with van der Waals surface area (Å²) in [5.41, 5.74) is 1.35. The minimum atomic E-state index is 0.710. The van der Waals surface area contributed by atoms with Crippen molar-refractivity contribution in [2.75, 3.05) is 13.6 Å².